The van der Waals surface area contributed by atoms with Gasteiger partial charge in [-0.05, 0) is 6.42 Å². The molecule has 0 aliphatic carbocycles. The Morgan fingerprint density at radius 2 is 2.00 bits per heavy atom. The van der Waals surface area contributed by atoms with Crippen LogP contribution in [0.2, 0.25) is 0 Å². The van der Waals surface area contributed by atoms with Crippen molar-refractivity contribution in [2.24, 2.45) is 5.92 Å². The van der Waals surface area contributed by atoms with E-state index in [1.54, 1.807) is 11.6 Å². The molecule has 0 heterocycles. The SMILES string of the molecule is CCCC(CNS(=O)(=O)C(F)F)C(=O)O. The van der Waals surface area contributed by atoms with Crippen molar-refractivity contribution in [2.45, 2.75) is 25.5 Å². The van der Waals surface area contributed by atoms with E-state index in [0.29, 0.717) is 6.42 Å². The Labute approximate surface area is 86.5 Å². The molecule has 90 valence electrons. The molecule has 0 aliphatic rings. The number of carbonyl (C=O) groups is 1. The van der Waals surface area contributed by atoms with Gasteiger partial charge in [-0.15, -0.1) is 0 Å². The molecule has 0 aromatic rings. The first-order chi connectivity index (χ1) is 6.81. The van der Waals surface area contributed by atoms with E-state index in [2.05, 4.69) is 0 Å². The number of carboxylic acid groups (broad SMARTS) is 1. The first-order valence-corrected chi connectivity index (χ1v) is 5.85. The van der Waals surface area contributed by atoms with Crippen LogP contribution in [0.4, 0.5) is 8.78 Å². The van der Waals surface area contributed by atoms with Crippen LogP contribution in [-0.2, 0) is 14.8 Å². The van der Waals surface area contributed by atoms with Crippen LogP contribution in [0.15, 0.2) is 0 Å². The minimum absolute atomic E-state index is 0.237. The van der Waals surface area contributed by atoms with Crippen LogP contribution in [0.3, 0.4) is 0 Å². The van der Waals surface area contributed by atoms with E-state index in [0.717, 1.165) is 0 Å². The normalized spacial score (nSPS) is 14.1. The molecule has 0 saturated heterocycles. The molecule has 0 fully saturated rings. The number of sulfonamides is 1. The number of aliphatic carboxylic acids is 1. The van der Waals surface area contributed by atoms with Gasteiger partial charge < -0.3 is 5.11 Å². The van der Waals surface area contributed by atoms with Gasteiger partial charge in [0.25, 0.3) is 10.0 Å². The molecule has 1 unspecified atom stereocenters. The molecule has 0 aromatic carbocycles. The maximum absolute atomic E-state index is 11.9. The lowest BCUT2D eigenvalue weighted by molar-refractivity contribution is -0.141. The summed E-state index contributed by atoms with van der Waals surface area (Å²) in [6.45, 7) is 1.22. The highest BCUT2D eigenvalue weighted by Gasteiger charge is 2.26. The van der Waals surface area contributed by atoms with E-state index in [1.165, 1.54) is 0 Å². The topological polar surface area (TPSA) is 83.5 Å². The minimum Gasteiger partial charge on any atom is -0.481 e. The van der Waals surface area contributed by atoms with Gasteiger partial charge in [0.05, 0.1) is 5.92 Å². The number of rotatable bonds is 7. The van der Waals surface area contributed by atoms with Gasteiger partial charge in [-0.1, -0.05) is 13.3 Å². The molecule has 0 bridgehead atoms. The Bertz CT molecular complexity index is 304. The van der Waals surface area contributed by atoms with Crippen LogP contribution in [0.1, 0.15) is 19.8 Å². The molecule has 1 atom stereocenters. The largest absolute Gasteiger partial charge is 0.481 e. The zero-order chi connectivity index (χ0) is 12.1. The molecule has 0 rings (SSSR count). The van der Waals surface area contributed by atoms with Crippen LogP contribution in [0.5, 0.6) is 0 Å². The highest BCUT2D eigenvalue weighted by Crippen LogP contribution is 2.08. The Balaban J connectivity index is 4.28. The van der Waals surface area contributed by atoms with Gasteiger partial charge in [0.1, 0.15) is 0 Å². The summed E-state index contributed by atoms with van der Waals surface area (Å²) in [4.78, 5) is 10.6. The molecular formula is C7H13F2NO4S. The minimum atomic E-state index is -4.69. The average molecular weight is 245 g/mol. The van der Waals surface area contributed by atoms with Crippen molar-refractivity contribution in [1.82, 2.24) is 4.72 Å². The molecular weight excluding hydrogens is 232 g/mol. The second-order valence-corrected chi connectivity index (χ2v) is 4.71. The van der Waals surface area contributed by atoms with Crippen molar-refractivity contribution in [1.29, 1.82) is 0 Å². The molecule has 0 radical (unpaired) electrons. The zero-order valence-electron chi connectivity index (χ0n) is 8.11. The van der Waals surface area contributed by atoms with Crippen LogP contribution >= 0.6 is 0 Å². The van der Waals surface area contributed by atoms with Crippen LogP contribution in [0.25, 0.3) is 0 Å². The molecule has 0 saturated carbocycles. The Kier molecular flexibility index (Phi) is 5.66. The summed E-state index contributed by atoms with van der Waals surface area (Å²) in [6.07, 6.45) is 0.772. The summed E-state index contributed by atoms with van der Waals surface area (Å²) >= 11 is 0. The lowest BCUT2D eigenvalue weighted by Crippen LogP contribution is -2.36. The predicted molar refractivity (Wildman–Crippen MR) is 49.0 cm³/mol. The molecule has 2 N–H and O–H groups in total. The van der Waals surface area contributed by atoms with Crippen molar-refractivity contribution in [3.8, 4) is 0 Å². The highest BCUT2D eigenvalue weighted by molar-refractivity contribution is 7.89. The fourth-order valence-corrected chi connectivity index (χ4v) is 1.50. The Hall–Kier alpha value is -0.760. The third-order valence-corrected chi connectivity index (χ3v) is 2.79. The van der Waals surface area contributed by atoms with Gasteiger partial charge in [-0.2, -0.15) is 8.78 Å². The lowest BCUT2D eigenvalue weighted by atomic mass is 10.1. The molecule has 8 heteroatoms. The number of halogens is 2. The monoisotopic (exact) mass is 245 g/mol. The van der Waals surface area contributed by atoms with E-state index in [4.69, 9.17) is 5.11 Å². The van der Waals surface area contributed by atoms with Gasteiger partial charge in [0.15, 0.2) is 0 Å². The van der Waals surface area contributed by atoms with Crippen LogP contribution < -0.4 is 4.72 Å². The van der Waals surface area contributed by atoms with E-state index in [1.807, 2.05) is 0 Å². The first kappa shape index (κ1) is 14.2. The lowest BCUT2D eigenvalue weighted by Gasteiger charge is -2.11. The van der Waals surface area contributed by atoms with Crippen LogP contribution in [-0.4, -0.2) is 31.8 Å². The molecule has 5 nitrogen and oxygen atoms in total. The smallest absolute Gasteiger partial charge is 0.350 e. The maximum atomic E-state index is 11.9. The third-order valence-electron chi connectivity index (χ3n) is 1.75. The molecule has 15 heavy (non-hydrogen) atoms. The molecule has 0 aliphatic heterocycles. The number of hydrogen-bond acceptors (Lipinski definition) is 3. The zero-order valence-corrected chi connectivity index (χ0v) is 8.93. The Morgan fingerprint density at radius 1 is 1.47 bits per heavy atom. The first-order valence-electron chi connectivity index (χ1n) is 4.30. The summed E-state index contributed by atoms with van der Waals surface area (Å²) in [5.74, 6) is -5.70. The molecule has 0 amide bonds. The summed E-state index contributed by atoms with van der Waals surface area (Å²) < 4.78 is 46.5. The van der Waals surface area contributed by atoms with Crippen LogP contribution in [0, 0.1) is 5.92 Å². The van der Waals surface area contributed by atoms with E-state index >= 15 is 0 Å². The Morgan fingerprint density at radius 3 is 2.33 bits per heavy atom. The summed E-state index contributed by atoms with van der Waals surface area (Å²) in [6, 6.07) is 0. The predicted octanol–water partition coefficient (Wildman–Crippen LogP) is 0.629. The van der Waals surface area contributed by atoms with E-state index in [9.17, 15) is 22.0 Å². The number of hydrogen-bond donors (Lipinski definition) is 2. The van der Waals surface area contributed by atoms with Gasteiger partial charge >= 0.3 is 11.7 Å². The van der Waals surface area contributed by atoms with E-state index in [-0.39, 0.29) is 6.42 Å². The maximum Gasteiger partial charge on any atom is 0.350 e. The summed E-state index contributed by atoms with van der Waals surface area (Å²) in [7, 11) is -4.69. The molecule has 0 aromatic heterocycles. The second kappa shape index (κ2) is 5.96. The van der Waals surface area contributed by atoms with Gasteiger partial charge in [-0.3, -0.25) is 4.79 Å². The quantitative estimate of drug-likeness (QED) is 0.689. The summed E-state index contributed by atoms with van der Waals surface area (Å²) in [5, 5.41) is 8.62. The van der Waals surface area contributed by atoms with Crippen molar-refractivity contribution >= 4 is 16.0 Å². The van der Waals surface area contributed by atoms with Gasteiger partial charge in [0.2, 0.25) is 0 Å². The van der Waals surface area contributed by atoms with Gasteiger partial charge in [0, 0.05) is 6.54 Å². The fraction of sp³-hybridized carbons (Fsp3) is 0.857. The van der Waals surface area contributed by atoms with Crippen molar-refractivity contribution < 1.29 is 27.1 Å². The average Bonchev–Trinajstić information content (AvgIpc) is 2.11. The fourth-order valence-electron chi connectivity index (χ4n) is 0.941. The van der Waals surface area contributed by atoms with Crippen molar-refractivity contribution in [3.05, 3.63) is 0 Å². The standard InChI is InChI=1S/C7H13F2NO4S/c1-2-3-5(6(11)12)4-10-15(13,14)7(8)9/h5,7,10H,2-4H2,1H3,(H,11,12). The van der Waals surface area contributed by atoms with Crippen molar-refractivity contribution in [3.63, 3.8) is 0 Å². The number of alkyl halides is 2. The summed E-state index contributed by atoms with van der Waals surface area (Å²) in [5.41, 5.74) is 0. The number of nitrogens with one attached hydrogen (secondary N) is 1. The third kappa shape index (κ3) is 5.03. The molecule has 0 spiro atoms. The van der Waals surface area contributed by atoms with E-state index < -0.39 is 34.2 Å². The second-order valence-electron chi connectivity index (χ2n) is 2.98. The van der Waals surface area contributed by atoms with Crippen molar-refractivity contribution in [2.75, 3.05) is 6.54 Å². The highest BCUT2D eigenvalue weighted by atomic mass is 32.2. The van der Waals surface area contributed by atoms with Gasteiger partial charge in [-0.25, -0.2) is 13.1 Å². The number of carboxylic acids is 1.